The third-order valence-corrected chi connectivity index (χ3v) is 2.94. The molecule has 0 unspecified atom stereocenters. The van der Waals surface area contributed by atoms with Crippen molar-refractivity contribution in [2.24, 2.45) is 0 Å². The fourth-order valence-corrected chi connectivity index (χ4v) is 1.87. The predicted molar refractivity (Wildman–Crippen MR) is 75.2 cm³/mol. The summed E-state index contributed by atoms with van der Waals surface area (Å²) in [5.74, 6) is 1.87. The molecule has 0 bridgehead atoms. The SMILES string of the molecule is Cc1ccccc1OCc1noc(-c2ccccc2)n1. The molecular weight excluding hydrogens is 252 g/mol. The van der Waals surface area contributed by atoms with Crippen molar-refractivity contribution in [3.05, 3.63) is 66.0 Å². The second-order valence-electron chi connectivity index (χ2n) is 4.44. The Morgan fingerprint density at radius 3 is 2.55 bits per heavy atom. The molecule has 4 nitrogen and oxygen atoms in total. The maximum Gasteiger partial charge on any atom is 0.258 e. The van der Waals surface area contributed by atoms with Gasteiger partial charge in [0.15, 0.2) is 6.61 Å². The van der Waals surface area contributed by atoms with Gasteiger partial charge in [-0.05, 0) is 30.7 Å². The lowest BCUT2D eigenvalue weighted by Crippen LogP contribution is -1.98. The third kappa shape index (κ3) is 2.69. The van der Waals surface area contributed by atoms with Gasteiger partial charge in [-0.15, -0.1) is 0 Å². The van der Waals surface area contributed by atoms with E-state index in [1.807, 2.05) is 61.5 Å². The molecule has 0 radical (unpaired) electrons. The van der Waals surface area contributed by atoms with Crippen LogP contribution in [0.2, 0.25) is 0 Å². The van der Waals surface area contributed by atoms with E-state index in [2.05, 4.69) is 10.1 Å². The molecule has 0 atom stereocenters. The van der Waals surface area contributed by atoms with Crippen molar-refractivity contribution in [1.82, 2.24) is 10.1 Å². The molecule has 0 N–H and O–H groups in total. The molecule has 3 aromatic rings. The molecule has 3 rings (SSSR count). The molecule has 0 aliphatic carbocycles. The van der Waals surface area contributed by atoms with Crippen molar-refractivity contribution < 1.29 is 9.26 Å². The first-order valence-corrected chi connectivity index (χ1v) is 6.39. The number of para-hydroxylation sites is 1. The van der Waals surface area contributed by atoms with Crippen LogP contribution in [0.15, 0.2) is 59.1 Å². The number of aryl methyl sites for hydroxylation is 1. The Morgan fingerprint density at radius 1 is 1.00 bits per heavy atom. The van der Waals surface area contributed by atoms with Gasteiger partial charge in [-0.1, -0.05) is 41.6 Å². The number of hydrogen-bond acceptors (Lipinski definition) is 4. The Bertz CT molecular complexity index is 692. The van der Waals surface area contributed by atoms with Gasteiger partial charge in [0.05, 0.1) is 0 Å². The third-order valence-electron chi connectivity index (χ3n) is 2.94. The molecule has 0 amide bonds. The number of benzene rings is 2. The van der Waals surface area contributed by atoms with E-state index >= 15 is 0 Å². The van der Waals surface area contributed by atoms with Gasteiger partial charge in [0.25, 0.3) is 5.89 Å². The first kappa shape index (κ1) is 12.4. The molecule has 0 aliphatic heterocycles. The molecule has 1 aromatic heterocycles. The summed E-state index contributed by atoms with van der Waals surface area (Å²) in [5.41, 5.74) is 1.99. The number of nitrogens with zero attached hydrogens (tertiary/aromatic N) is 2. The minimum atomic E-state index is 0.293. The molecule has 1 heterocycles. The van der Waals surface area contributed by atoms with Gasteiger partial charge in [0.2, 0.25) is 5.82 Å². The second-order valence-corrected chi connectivity index (χ2v) is 4.44. The van der Waals surface area contributed by atoms with Gasteiger partial charge in [0, 0.05) is 5.56 Å². The Morgan fingerprint density at radius 2 is 1.75 bits per heavy atom. The summed E-state index contributed by atoms with van der Waals surface area (Å²) >= 11 is 0. The van der Waals surface area contributed by atoms with Gasteiger partial charge in [0.1, 0.15) is 5.75 Å². The summed E-state index contributed by atoms with van der Waals surface area (Å²) in [7, 11) is 0. The molecule has 20 heavy (non-hydrogen) atoms. The van der Waals surface area contributed by atoms with Crippen molar-refractivity contribution in [2.75, 3.05) is 0 Å². The highest BCUT2D eigenvalue weighted by Crippen LogP contribution is 2.19. The first-order chi connectivity index (χ1) is 9.83. The van der Waals surface area contributed by atoms with Crippen LogP contribution in [0.5, 0.6) is 5.75 Å². The quantitative estimate of drug-likeness (QED) is 0.723. The average molecular weight is 266 g/mol. The molecule has 2 aromatic carbocycles. The van der Waals surface area contributed by atoms with Crippen LogP contribution in [0.25, 0.3) is 11.5 Å². The van der Waals surface area contributed by atoms with Crippen molar-refractivity contribution in [3.8, 4) is 17.2 Å². The molecular formula is C16H14N2O2. The lowest BCUT2D eigenvalue weighted by molar-refractivity contribution is 0.285. The molecule has 0 saturated carbocycles. The molecule has 0 saturated heterocycles. The normalized spacial score (nSPS) is 10.4. The van der Waals surface area contributed by atoms with Gasteiger partial charge in [-0.2, -0.15) is 4.98 Å². The molecule has 100 valence electrons. The largest absolute Gasteiger partial charge is 0.485 e. The maximum absolute atomic E-state index is 5.69. The highest BCUT2D eigenvalue weighted by atomic mass is 16.5. The van der Waals surface area contributed by atoms with Crippen molar-refractivity contribution >= 4 is 0 Å². The second kappa shape index (κ2) is 5.57. The summed E-state index contributed by atoms with van der Waals surface area (Å²) in [4.78, 5) is 4.32. The summed E-state index contributed by atoms with van der Waals surface area (Å²) in [6, 6.07) is 17.5. The van der Waals surface area contributed by atoms with E-state index in [-0.39, 0.29) is 0 Å². The summed E-state index contributed by atoms with van der Waals surface area (Å²) in [6.45, 7) is 2.29. The van der Waals surface area contributed by atoms with E-state index in [9.17, 15) is 0 Å². The van der Waals surface area contributed by atoms with Crippen LogP contribution in [0.4, 0.5) is 0 Å². The fourth-order valence-electron chi connectivity index (χ4n) is 1.87. The van der Waals surface area contributed by atoms with Gasteiger partial charge in [-0.3, -0.25) is 0 Å². The Hall–Kier alpha value is -2.62. The van der Waals surface area contributed by atoms with Gasteiger partial charge >= 0.3 is 0 Å². The van der Waals surface area contributed by atoms with Gasteiger partial charge in [-0.25, -0.2) is 0 Å². The Labute approximate surface area is 117 Å². The van der Waals surface area contributed by atoms with Crippen LogP contribution in [0.1, 0.15) is 11.4 Å². The molecule has 0 spiro atoms. The monoisotopic (exact) mass is 266 g/mol. The minimum Gasteiger partial charge on any atom is -0.485 e. The van der Waals surface area contributed by atoms with E-state index in [4.69, 9.17) is 9.26 Å². The van der Waals surface area contributed by atoms with Crippen LogP contribution >= 0.6 is 0 Å². The van der Waals surface area contributed by atoms with Crippen LogP contribution in [0.3, 0.4) is 0 Å². The molecule has 0 fully saturated rings. The maximum atomic E-state index is 5.69. The number of rotatable bonds is 4. The van der Waals surface area contributed by atoms with Gasteiger partial charge < -0.3 is 9.26 Å². The van der Waals surface area contributed by atoms with Crippen LogP contribution in [0, 0.1) is 6.92 Å². The topological polar surface area (TPSA) is 48.2 Å². The van der Waals surface area contributed by atoms with Crippen molar-refractivity contribution in [3.63, 3.8) is 0 Å². The van der Waals surface area contributed by atoms with Crippen LogP contribution < -0.4 is 4.74 Å². The summed E-state index contributed by atoms with van der Waals surface area (Å²) in [5, 5.41) is 3.93. The number of ether oxygens (including phenoxy) is 1. The molecule has 4 heteroatoms. The highest BCUT2D eigenvalue weighted by molar-refractivity contribution is 5.51. The predicted octanol–water partition coefficient (Wildman–Crippen LogP) is 3.62. The van der Waals surface area contributed by atoms with E-state index in [0.29, 0.717) is 18.3 Å². The standard InChI is InChI=1S/C16H14N2O2/c1-12-7-5-6-10-14(12)19-11-15-17-16(20-18-15)13-8-3-2-4-9-13/h2-10H,11H2,1H3. The van der Waals surface area contributed by atoms with E-state index in [1.54, 1.807) is 0 Å². The Kier molecular flexibility index (Phi) is 3.46. The van der Waals surface area contributed by atoms with Crippen LogP contribution in [-0.2, 0) is 6.61 Å². The zero-order valence-electron chi connectivity index (χ0n) is 11.1. The van der Waals surface area contributed by atoms with Crippen molar-refractivity contribution in [1.29, 1.82) is 0 Å². The fraction of sp³-hybridized carbons (Fsp3) is 0.125. The number of hydrogen-bond donors (Lipinski definition) is 0. The molecule has 0 aliphatic rings. The highest BCUT2D eigenvalue weighted by Gasteiger charge is 2.09. The smallest absolute Gasteiger partial charge is 0.258 e. The van der Waals surface area contributed by atoms with E-state index < -0.39 is 0 Å². The Balaban J connectivity index is 1.71. The van der Waals surface area contributed by atoms with Crippen molar-refractivity contribution in [2.45, 2.75) is 13.5 Å². The minimum absolute atomic E-state index is 0.293. The van der Waals surface area contributed by atoms with E-state index in [1.165, 1.54) is 0 Å². The summed E-state index contributed by atoms with van der Waals surface area (Å²) < 4.78 is 10.9. The summed E-state index contributed by atoms with van der Waals surface area (Å²) in [6.07, 6.45) is 0. The average Bonchev–Trinajstić information content (AvgIpc) is 2.96. The number of aromatic nitrogens is 2. The zero-order chi connectivity index (χ0) is 13.8. The van der Waals surface area contributed by atoms with Crippen LogP contribution in [-0.4, -0.2) is 10.1 Å². The first-order valence-electron chi connectivity index (χ1n) is 6.39. The van der Waals surface area contributed by atoms with E-state index in [0.717, 1.165) is 16.9 Å². The lowest BCUT2D eigenvalue weighted by atomic mass is 10.2. The zero-order valence-corrected chi connectivity index (χ0v) is 11.1. The lowest BCUT2D eigenvalue weighted by Gasteiger charge is -2.05.